The molecule has 98 valence electrons. The van der Waals surface area contributed by atoms with Crippen LogP contribution in [0.3, 0.4) is 0 Å². The monoisotopic (exact) mass is 273 g/mol. The van der Waals surface area contributed by atoms with E-state index in [1.807, 2.05) is 0 Å². The molecular formula is C12H13ClFNO3. The number of nitrogens with one attached hydrogen (secondary N) is 1. The molecule has 1 atom stereocenters. The molecular weight excluding hydrogens is 261 g/mol. The normalized spacial score (nSPS) is 11.9. The average molecular weight is 274 g/mol. The number of aliphatic carboxylic acids is 1. The van der Waals surface area contributed by atoms with E-state index < -0.39 is 23.6 Å². The van der Waals surface area contributed by atoms with Crippen LogP contribution in [-0.2, 0) is 4.79 Å². The van der Waals surface area contributed by atoms with Crippen molar-refractivity contribution in [2.45, 2.75) is 13.3 Å². The van der Waals surface area contributed by atoms with Crippen LogP contribution in [-0.4, -0.2) is 23.5 Å². The lowest BCUT2D eigenvalue weighted by atomic mass is 10.1. The smallest absolute Gasteiger partial charge is 0.308 e. The van der Waals surface area contributed by atoms with Crippen LogP contribution in [0.5, 0.6) is 0 Å². The number of benzene rings is 1. The Morgan fingerprint density at radius 3 is 2.67 bits per heavy atom. The van der Waals surface area contributed by atoms with E-state index in [1.165, 1.54) is 12.1 Å². The lowest BCUT2D eigenvalue weighted by molar-refractivity contribution is -0.141. The fourth-order valence-corrected chi connectivity index (χ4v) is 1.54. The SMILES string of the molecule is CCC(CNC(=O)c1ccc(F)c(Cl)c1)C(=O)O. The van der Waals surface area contributed by atoms with E-state index >= 15 is 0 Å². The van der Waals surface area contributed by atoms with Gasteiger partial charge in [-0.25, -0.2) is 4.39 Å². The molecule has 0 bridgehead atoms. The highest BCUT2D eigenvalue weighted by Gasteiger charge is 2.16. The van der Waals surface area contributed by atoms with Crippen molar-refractivity contribution in [3.8, 4) is 0 Å². The van der Waals surface area contributed by atoms with Crippen molar-refractivity contribution in [1.29, 1.82) is 0 Å². The van der Waals surface area contributed by atoms with E-state index in [0.717, 1.165) is 6.07 Å². The highest BCUT2D eigenvalue weighted by Crippen LogP contribution is 2.16. The third-order valence-electron chi connectivity index (χ3n) is 2.53. The Bertz CT molecular complexity index is 465. The zero-order valence-electron chi connectivity index (χ0n) is 9.74. The predicted octanol–water partition coefficient (Wildman–Crippen LogP) is 2.32. The van der Waals surface area contributed by atoms with E-state index in [0.29, 0.717) is 6.42 Å². The van der Waals surface area contributed by atoms with Crippen LogP contribution in [0.2, 0.25) is 5.02 Å². The Balaban J connectivity index is 2.65. The van der Waals surface area contributed by atoms with Gasteiger partial charge in [0.05, 0.1) is 10.9 Å². The van der Waals surface area contributed by atoms with Gasteiger partial charge in [0.2, 0.25) is 0 Å². The van der Waals surface area contributed by atoms with Crippen molar-refractivity contribution in [2.75, 3.05) is 6.54 Å². The first-order valence-corrected chi connectivity index (χ1v) is 5.79. The molecule has 1 aromatic carbocycles. The number of hydrogen-bond donors (Lipinski definition) is 2. The highest BCUT2D eigenvalue weighted by atomic mass is 35.5. The molecule has 18 heavy (non-hydrogen) atoms. The van der Waals surface area contributed by atoms with Crippen LogP contribution < -0.4 is 5.32 Å². The molecule has 1 aromatic rings. The van der Waals surface area contributed by atoms with Crippen molar-refractivity contribution in [2.24, 2.45) is 5.92 Å². The number of rotatable bonds is 5. The van der Waals surface area contributed by atoms with E-state index in [9.17, 15) is 14.0 Å². The van der Waals surface area contributed by atoms with Crippen LogP contribution in [0.1, 0.15) is 23.7 Å². The van der Waals surface area contributed by atoms with Crippen LogP contribution in [0.15, 0.2) is 18.2 Å². The average Bonchev–Trinajstić information content (AvgIpc) is 2.32. The van der Waals surface area contributed by atoms with Gasteiger partial charge in [-0.3, -0.25) is 9.59 Å². The summed E-state index contributed by atoms with van der Waals surface area (Å²) < 4.78 is 12.9. The Hall–Kier alpha value is -1.62. The molecule has 0 radical (unpaired) electrons. The quantitative estimate of drug-likeness (QED) is 0.865. The number of amides is 1. The summed E-state index contributed by atoms with van der Waals surface area (Å²) in [6.45, 7) is 1.75. The maximum Gasteiger partial charge on any atom is 0.308 e. The van der Waals surface area contributed by atoms with Crippen molar-refractivity contribution < 1.29 is 19.1 Å². The molecule has 1 unspecified atom stereocenters. The van der Waals surface area contributed by atoms with Crippen molar-refractivity contribution >= 4 is 23.5 Å². The molecule has 0 saturated carbocycles. The lowest BCUT2D eigenvalue weighted by Crippen LogP contribution is -2.32. The standard InChI is InChI=1S/C12H13ClFNO3/c1-2-7(12(17)18)6-15-11(16)8-3-4-10(14)9(13)5-8/h3-5,7H,2,6H2,1H3,(H,15,16)(H,17,18). The third kappa shape index (κ3) is 3.70. The summed E-state index contributed by atoms with van der Waals surface area (Å²) in [5.41, 5.74) is 0.196. The van der Waals surface area contributed by atoms with Gasteiger partial charge in [-0.05, 0) is 24.6 Å². The maximum absolute atomic E-state index is 12.9. The van der Waals surface area contributed by atoms with Gasteiger partial charge in [-0.2, -0.15) is 0 Å². The predicted molar refractivity (Wildman–Crippen MR) is 65.2 cm³/mol. The lowest BCUT2D eigenvalue weighted by Gasteiger charge is -2.11. The number of carbonyl (C=O) groups excluding carboxylic acids is 1. The molecule has 4 nitrogen and oxygen atoms in total. The Morgan fingerprint density at radius 2 is 2.17 bits per heavy atom. The second kappa shape index (κ2) is 6.35. The fourth-order valence-electron chi connectivity index (χ4n) is 1.36. The molecule has 0 heterocycles. The molecule has 2 N–H and O–H groups in total. The van der Waals surface area contributed by atoms with E-state index in [4.69, 9.17) is 16.7 Å². The highest BCUT2D eigenvalue weighted by molar-refractivity contribution is 6.31. The summed E-state index contributed by atoms with van der Waals surface area (Å²) in [5, 5.41) is 11.1. The van der Waals surface area contributed by atoms with Gasteiger partial charge in [0.25, 0.3) is 5.91 Å². The minimum absolute atomic E-state index is 0.0274. The number of halogens is 2. The summed E-state index contributed by atoms with van der Waals surface area (Å²) in [5.74, 6) is -2.68. The van der Waals surface area contributed by atoms with E-state index in [1.54, 1.807) is 6.92 Å². The second-order valence-electron chi connectivity index (χ2n) is 3.78. The van der Waals surface area contributed by atoms with Crippen LogP contribution >= 0.6 is 11.6 Å². The van der Waals surface area contributed by atoms with E-state index in [2.05, 4.69) is 5.32 Å². The molecule has 0 saturated heterocycles. The van der Waals surface area contributed by atoms with E-state index in [-0.39, 0.29) is 17.1 Å². The summed E-state index contributed by atoms with van der Waals surface area (Å²) in [4.78, 5) is 22.4. The topological polar surface area (TPSA) is 66.4 Å². The zero-order valence-corrected chi connectivity index (χ0v) is 10.5. The molecule has 0 aliphatic heterocycles. The van der Waals surface area contributed by atoms with Gasteiger partial charge in [0.1, 0.15) is 5.82 Å². The summed E-state index contributed by atoms with van der Waals surface area (Å²) >= 11 is 5.55. The van der Waals surface area contributed by atoms with Crippen LogP contribution in [0.25, 0.3) is 0 Å². The van der Waals surface area contributed by atoms with Gasteiger partial charge in [-0.15, -0.1) is 0 Å². The summed E-state index contributed by atoms with van der Waals surface area (Å²) in [6, 6.07) is 3.58. The molecule has 0 fully saturated rings. The number of carbonyl (C=O) groups is 2. The molecule has 1 amide bonds. The number of hydrogen-bond acceptors (Lipinski definition) is 2. The molecule has 0 spiro atoms. The fraction of sp³-hybridized carbons (Fsp3) is 0.333. The molecule has 6 heteroatoms. The van der Waals surface area contributed by atoms with Gasteiger partial charge >= 0.3 is 5.97 Å². The molecule has 1 rings (SSSR count). The van der Waals surface area contributed by atoms with Crippen LogP contribution in [0, 0.1) is 11.7 Å². The Kier molecular flexibility index (Phi) is 5.09. The van der Waals surface area contributed by atoms with Crippen molar-refractivity contribution in [3.05, 3.63) is 34.6 Å². The van der Waals surface area contributed by atoms with Gasteiger partial charge in [0, 0.05) is 12.1 Å². The van der Waals surface area contributed by atoms with Gasteiger partial charge in [-0.1, -0.05) is 18.5 Å². The minimum atomic E-state index is -0.963. The largest absolute Gasteiger partial charge is 0.481 e. The minimum Gasteiger partial charge on any atom is -0.481 e. The Labute approximate surface area is 109 Å². The Morgan fingerprint density at radius 1 is 1.50 bits per heavy atom. The molecule has 0 aromatic heterocycles. The maximum atomic E-state index is 12.9. The second-order valence-corrected chi connectivity index (χ2v) is 4.19. The van der Waals surface area contributed by atoms with Gasteiger partial charge in [0.15, 0.2) is 0 Å². The first-order chi connectivity index (χ1) is 8.45. The number of carboxylic acid groups (broad SMARTS) is 1. The van der Waals surface area contributed by atoms with Crippen molar-refractivity contribution in [3.63, 3.8) is 0 Å². The summed E-state index contributed by atoms with van der Waals surface area (Å²) in [6.07, 6.45) is 0.416. The van der Waals surface area contributed by atoms with Crippen LogP contribution in [0.4, 0.5) is 4.39 Å². The first kappa shape index (κ1) is 14.4. The van der Waals surface area contributed by atoms with Crippen molar-refractivity contribution in [1.82, 2.24) is 5.32 Å². The molecule has 0 aliphatic rings. The number of carboxylic acids is 1. The zero-order chi connectivity index (χ0) is 13.7. The first-order valence-electron chi connectivity index (χ1n) is 5.41. The van der Waals surface area contributed by atoms with Gasteiger partial charge < -0.3 is 10.4 Å². The molecule has 0 aliphatic carbocycles. The summed E-state index contributed by atoms with van der Waals surface area (Å²) in [7, 11) is 0. The third-order valence-corrected chi connectivity index (χ3v) is 2.82.